The van der Waals surface area contributed by atoms with Gasteiger partial charge in [0.2, 0.25) is 5.91 Å². The highest BCUT2D eigenvalue weighted by atomic mass is 19.4. The summed E-state index contributed by atoms with van der Waals surface area (Å²) in [6.45, 7) is 0.626. The van der Waals surface area contributed by atoms with Crippen LogP contribution in [0.5, 0.6) is 0 Å². The van der Waals surface area contributed by atoms with Crippen LogP contribution in [-0.2, 0) is 16.1 Å². The van der Waals surface area contributed by atoms with Gasteiger partial charge in [0.25, 0.3) is 5.91 Å². The molecule has 1 saturated heterocycles. The summed E-state index contributed by atoms with van der Waals surface area (Å²) in [4.78, 5) is 32.3. The van der Waals surface area contributed by atoms with Crippen molar-refractivity contribution in [1.82, 2.24) is 14.8 Å². The molecule has 4 rings (SSSR count). The van der Waals surface area contributed by atoms with E-state index in [-0.39, 0.29) is 32.0 Å². The fourth-order valence-electron chi connectivity index (χ4n) is 4.01. The van der Waals surface area contributed by atoms with Crippen molar-refractivity contribution in [3.8, 4) is 0 Å². The van der Waals surface area contributed by atoms with E-state index >= 15 is 0 Å². The first-order chi connectivity index (χ1) is 16.0. The number of nitrogens with two attached hydrogens (primary N) is 1. The summed E-state index contributed by atoms with van der Waals surface area (Å²) in [5.41, 5.74) is 8.92. The van der Waals surface area contributed by atoms with Crippen molar-refractivity contribution in [2.45, 2.75) is 25.7 Å². The predicted molar refractivity (Wildman–Crippen MR) is 118 cm³/mol. The van der Waals surface area contributed by atoms with Crippen LogP contribution in [0.2, 0.25) is 0 Å². The molecule has 2 aromatic rings. The average Bonchev–Trinajstić information content (AvgIpc) is 3.09. The van der Waals surface area contributed by atoms with Gasteiger partial charge < -0.3 is 31.0 Å². The van der Waals surface area contributed by atoms with Crippen molar-refractivity contribution in [2.24, 2.45) is 0 Å². The lowest BCUT2D eigenvalue weighted by Crippen LogP contribution is -2.53. The SMILES string of the molecule is CC(=N)c1ncc(Nc2cccc3c2C(=O)N(CC(=O)N2CCOC(C(F)(F)F)C2)C3)cc1N. The van der Waals surface area contributed by atoms with Gasteiger partial charge in [-0.15, -0.1) is 0 Å². The van der Waals surface area contributed by atoms with E-state index in [4.69, 9.17) is 15.9 Å². The second-order valence-electron chi connectivity index (χ2n) is 8.15. The smallest absolute Gasteiger partial charge is 0.397 e. The lowest BCUT2D eigenvalue weighted by Gasteiger charge is -2.34. The number of nitrogen functional groups attached to an aromatic ring is 1. The molecule has 0 aliphatic carbocycles. The van der Waals surface area contributed by atoms with Gasteiger partial charge in [-0.1, -0.05) is 12.1 Å². The Labute approximate surface area is 193 Å². The molecule has 1 unspecified atom stereocenters. The predicted octanol–water partition coefficient (Wildman–Crippen LogP) is 2.54. The van der Waals surface area contributed by atoms with Crippen LogP contribution < -0.4 is 11.1 Å². The number of benzene rings is 1. The number of alkyl halides is 3. The number of fused-ring (bicyclic) bond motifs is 1. The van der Waals surface area contributed by atoms with Crippen LogP contribution in [0, 0.1) is 5.41 Å². The number of nitrogens with zero attached hydrogens (tertiary/aromatic N) is 3. The Kier molecular flexibility index (Phi) is 6.17. The number of morpholine rings is 1. The number of amides is 2. The minimum atomic E-state index is -4.56. The van der Waals surface area contributed by atoms with Crippen molar-refractivity contribution in [1.29, 1.82) is 5.41 Å². The molecule has 3 heterocycles. The molecule has 34 heavy (non-hydrogen) atoms. The molecule has 1 fully saturated rings. The Bertz CT molecular complexity index is 1150. The van der Waals surface area contributed by atoms with Crippen LogP contribution in [0.3, 0.4) is 0 Å². The Morgan fingerprint density at radius 3 is 2.82 bits per heavy atom. The first-order valence-corrected chi connectivity index (χ1v) is 10.5. The van der Waals surface area contributed by atoms with Gasteiger partial charge in [0.1, 0.15) is 12.2 Å². The fourth-order valence-corrected chi connectivity index (χ4v) is 4.01. The number of ether oxygens (including phenoxy) is 1. The first kappa shape index (κ1) is 23.5. The minimum absolute atomic E-state index is 0.0346. The largest absolute Gasteiger partial charge is 0.416 e. The molecule has 0 saturated carbocycles. The normalized spacial score (nSPS) is 18.1. The summed E-state index contributed by atoms with van der Waals surface area (Å²) >= 11 is 0. The molecule has 0 bridgehead atoms. The lowest BCUT2D eigenvalue weighted by atomic mass is 10.1. The molecule has 180 valence electrons. The number of halogens is 3. The molecular weight excluding hydrogens is 453 g/mol. The Hall–Kier alpha value is -3.67. The average molecular weight is 476 g/mol. The molecule has 12 heteroatoms. The second kappa shape index (κ2) is 8.93. The number of pyridine rings is 1. The van der Waals surface area contributed by atoms with Gasteiger partial charge in [0.05, 0.1) is 47.7 Å². The highest BCUT2D eigenvalue weighted by Crippen LogP contribution is 2.32. The maximum absolute atomic E-state index is 13.1. The van der Waals surface area contributed by atoms with E-state index in [9.17, 15) is 22.8 Å². The van der Waals surface area contributed by atoms with Crippen LogP contribution in [0.15, 0.2) is 30.5 Å². The van der Waals surface area contributed by atoms with Crippen molar-refractivity contribution in [2.75, 3.05) is 37.3 Å². The summed E-state index contributed by atoms with van der Waals surface area (Å²) in [6, 6.07) is 6.81. The zero-order valence-corrected chi connectivity index (χ0v) is 18.3. The number of carbonyl (C=O) groups excluding carboxylic acids is 2. The van der Waals surface area contributed by atoms with E-state index in [0.717, 1.165) is 4.90 Å². The molecular formula is C22H23F3N6O3. The van der Waals surface area contributed by atoms with E-state index in [1.165, 1.54) is 11.1 Å². The minimum Gasteiger partial charge on any atom is -0.397 e. The van der Waals surface area contributed by atoms with Crippen LogP contribution in [0.1, 0.15) is 28.5 Å². The summed E-state index contributed by atoms with van der Waals surface area (Å²) in [5, 5.41) is 10.8. The van der Waals surface area contributed by atoms with Crippen LogP contribution in [0.4, 0.5) is 30.2 Å². The van der Waals surface area contributed by atoms with Crippen molar-refractivity contribution >= 4 is 34.6 Å². The third kappa shape index (κ3) is 4.67. The number of anilines is 3. The molecule has 9 nitrogen and oxygen atoms in total. The molecule has 2 amide bonds. The maximum atomic E-state index is 13.1. The van der Waals surface area contributed by atoms with Gasteiger partial charge in [0.15, 0.2) is 6.10 Å². The van der Waals surface area contributed by atoms with Gasteiger partial charge in [-0.2, -0.15) is 13.2 Å². The van der Waals surface area contributed by atoms with Crippen molar-refractivity contribution in [3.05, 3.63) is 47.3 Å². The van der Waals surface area contributed by atoms with Gasteiger partial charge in [-0.05, 0) is 24.6 Å². The van der Waals surface area contributed by atoms with E-state index in [1.54, 1.807) is 31.2 Å². The molecule has 2 aliphatic rings. The molecule has 1 aromatic carbocycles. The van der Waals surface area contributed by atoms with Crippen LogP contribution in [-0.4, -0.2) is 70.8 Å². The monoisotopic (exact) mass is 476 g/mol. The Morgan fingerprint density at radius 1 is 1.38 bits per heavy atom. The zero-order chi connectivity index (χ0) is 24.6. The fraction of sp³-hybridized carbons (Fsp3) is 0.364. The van der Waals surface area contributed by atoms with E-state index < -0.39 is 30.6 Å². The quantitative estimate of drug-likeness (QED) is 0.570. The molecule has 0 radical (unpaired) electrons. The topological polar surface area (TPSA) is 125 Å². The highest BCUT2D eigenvalue weighted by Gasteiger charge is 2.44. The molecule has 1 atom stereocenters. The number of nitrogens with one attached hydrogen (secondary N) is 2. The maximum Gasteiger partial charge on any atom is 0.416 e. The van der Waals surface area contributed by atoms with E-state index in [0.29, 0.717) is 33.9 Å². The summed E-state index contributed by atoms with van der Waals surface area (Å²) < 4.78 is 43.7. The highest BCUT2D eigenvalue weighted by molar-refractivity contribution is 6.05. The molecule has 2 aliphatic heterocycles. The molecule has 0 spiro atoms. The van der Waals surface area contributed by atoms with E-state index in [2.05, 4.69) is 10.3 Å². The van der Waals surface area contributed by atoms with Gasteiger partial charge in [0, 0.05) is 13.1 Å². The first-order valence-electron chi connectivity index (χ1n) is 10.5. The van der Waals surface area contributed by atoms with Crippen molar-refractivity contribution in [3.63, 3.8) is 0 Å². The Morgan fingerprint density at radius 2 is 2.15 bits per heavy atom. The van der Waals surface area contributed by atoms with Gasteiger partial charge in [-0.25, -0.2) is 0 Å². The van der Waals surface area contributed by atoms with E-state index in [1.807, 2.05) is 0 Å². The lowest BCUT2D eigenvalue weighted by molar-refractivity contribution is -0.236. The third-order valence-electron chi connectivity index (χ3n) is 5.67. The van der Waals surface area contributed by atoms with Gasteiger partial charge in [-0.3, -0.25) is 14.6 Å². The number of hydrogen-bond acceptors (Lipinski definition) is 7. The standard InChI is InChI=1S/C22H23F3N6O3/c1-12(26)20-15(27)7-14(8-28-20)29-16-4-2-3-13-9-31(21(33)19(13)16)11-18(32)30-5-6-34-17(10-30)22(23,24)25/h2-4,7-8,17,26,29H,5-6,9-11,27H2,1H3. The zero-order valence-electron chi connectivity index (χ0n) is 18.3. The van der Waals surface area contributed by atoms with Gasteiger partial charge >= 0.3 is 6.18 Å². The Balaban J connectivity index is 1.47. The second-order valence-corrected chi connectivity index (χ2v) is 8.15. The molecule has 1 aromatic heterocycles. The van der Waals surface area contributed by atoms with Crippen LogP contribution in [0.25, 0.3) is 0 Å². The third-order valence-corrected chi connectivity index (χ3v) is 5.67. The summed E-state index contributed by atoms with van der Waals surface area (Å²) in [5.74, 6) is -0.970. The number of carbonyl (C=O) groups is 2. The molecule has 4 N–H and O–H groups in total. The number of aromatic nitrogens is 1. The van der Waals surface area contributed by atoms with Crippen LogP contribution >= 0.6 is 0 Å². The number of hydrogen-bond donors (Lipinski definition) is 3. The van der Waals surface area contributed by atoms with Crippen molar-refractivity contribution < 1.29 is 27.5 Å². The summed E-state index contributed by atoms with van der Waals surface area (Å²) in [6.07, 6.45) is -5.09. The number of rotatable bonds is 5. The summed E-state index contributed by atoms with van der Waals surface area (Å²) in [7, 11) is 0.